The van der Waals surface area contributed by atoms with Crippen LogP contribution in [0.2, 0.25) is 0 Å². The number of hydrogen-bond donors (Lipinski definition) is 2. The van der Waals surface area contributed by atoms with Crippen molar-refractivity contribution >= 4 is 22.9 Å². The molecule has 5 nitrogen and oxygen atoms in total. The van der Waals surface area contributed by atoms with Crippen molar-refractivity contribution in [3.05, 3.63) is 54.1 Å². The summed E-state index contributed by atoms with van der Waals surface area (Å²) in [6, 6.07) is 14.6. The lowest BCUT2D eigenvalue weighted by atomic mass is 10.2. The second kappa shape index (κ2) is 5.66. The van der Waals surface area contributed by atoms with Gasteiger partial charge in [0.15, 0.2) is 0 Å². The minimum Gasteiger partial charge on any atom is -0.494 e. The zero-order valence-electron chi connectivity index (χ0n) is 11.6. The molecule has 0 aliphatic heterocycles. The van der Waals surface area contributed by atoms with Crippen molar-refractivity contribution in [2.75, 3.05) is 11.9 Å². The highest BCUT2D eigenvalue weighted by atomic mass is 16.5. The molecule has 2 N–H and O–H groups in total. The third-order valence-electron chi connectivity index (χ3n) is 3.03. The van der Waals surface area contributed by atoms with Crippen LogP contribution in [0.3, 0.4) is 0 Å². The average molecular weight is 281 g/mol. The van der Waals surface area contributed by atoms with Gasteiger partial charge in [-0.3, -0.25) is 10.1 Å². The Hall–Kier alpha value is -2.82. The summed E-state index contributed by atoms with van der Waals surface area (Å²) in [4.78, 5) is 19.5. The molecule has 0 aliphatic carbocycles. The number of benzene rings is 2. The second-order valence-corrected chi connectivity index (χ2v) is 4.52. The van der Waals surface area contributed by atoms with Crippen molar-refractivity contribution in [3.8, 4) is 5.75 Å². The van der Waals surface area contributed by atoms with Crippen LogP contribution in [0.15, 0.2) is 48.5 Å². The molecule has 1 amide bonds. The lowest BCUT2D eigenvalue weighted by Gasteiger charge is -2.01. The van der Waals surface area contributed by atoms with E-state index in [1.807, 2.05) is 43.3 Å². The zero-order valence-corrected chi connectivity index (χ0v) is 11.6. The Morgan fingerprint density at radius 3 is 2.81 bits per heavy atom. The number of nitrogens with one attached hydrogen (secondary N) is 2. The number of amides is 1. The molecule has 1 aromatic heterocycles. The topological polar surface area (TPSA) is 67.0 Å². The molecule has 3 rings (SSSR count). The van der Waals surface area contributed by atoms with Crippen LogP contribution >= 0.6 is 0 Å². The molecule has 0 fully saturated rings. The molecule has 21 heavy (non-hydrogen) atoms. The summed E-state index contributed by atoms with van der Waals surface area (Å²) < 4.78 is 5.44. The van der Waals surface area contributed by atoms with E-state index in [2.05, 4.69) is 15.3 Å². The maximum absolute atomic E-state index is 12.1. The van der Waals surface area contributed by atoms with E-state index >= 15 is 0 Å². The van der Waals surface area contributed by atoms with Gasteiger partial charge in [0, 0.05) is 11.6 Å². The second-order valence-electron chi connectivity index (χ2n) is 4.52. The summed E-state index contributed by atoms with van der Waals surface area (Å²) in [6.45, 7) is 2.54. The van der Waals surface area contributed by atoms with E-state index < -0.39 is 0 Å². The van der Waals surface area contributed by atoms with Crippen LogP contribution in [0.1, 0.15) is 17.3 Å². The number of carbonyl (C=O) groups excluding carboxylic acids is 1. The largest absolute Gasteiger partial charge is 0.494 e. The quantitative estimate of drug-likeness (QED) is 0.771. The summed E-state index contributed by atoms with van der Waals surface area (Å²) in [6.07, 6.45) is 0. The Balaban J connectivity index is 1.83. The van der Waals surface area contributed by atoms with E-state index in [0.717, 1.165) is 16.8 Å². The first kappa shape index (κ1) is 13.2. The summed E-state index contributed by atoms with van der Waals surface area (Å²) in [7, 11) is 0. The standard InChI is InChI=1S/C16H15N3O2/c1-2-21-12-8-9-13-14(10-12)18-16(17-13)19-15(20)11-6-4-3-5-7-11/h3-10H,2H2,1H3,(H2,17,18,19,20). The molecule has 5 heteroatoms. The molecule has 0 radical (unpaired) electrons. The van der Waals surface area contributed by atoms with Gasteiger partial charge in [0.25, 0.3) is 5.91 Å². The highest BCUT2D eigenvalue weighted by Gasteiger charge is 2.09. The van der Waals surface area contributed by atoms with Gasteiger partial charge in [-0.15, -0.1) is 0 Å². The van der Waals surface area contributed by atoms with Gasteiger partial charge in [0.05, 0.1) is 17.6 Å². The molecule has 3 aromatic rings. The summed E-state index contributed by atoms with van der Waals surface area (Å²) in [5, 5.41) is 2.75. The molecule has 106 valence electrons. The molecule has 0 spiro atoms. The predicted molar refractivity (Wildman–Crippen MR) is 81.7 cm³/mol. The van der Waals surface area contributed by atoms with Crippen LogP contribution in [-0.2, 0) is 0 Å². The van der Waals surface area contributed by atoms with Crippen LogP contribution in [-0.4, -0.2) is 22.5 Å². The summed E-state index contributed by atoms with van der Waals surface area (Å²) in [5.74, 6) is 1.00. The first-order chi connectivity index (χ1) is 10.3. The van der Waals surface area contributed by atoms with Gasteiger partial charge < -0.3 is 9.72 Å². The van der Waals surface area contributed by atoms with Crippen molar-refractivity contribution in [1.82, 2.24) is 9.97 Å². The van der Waals surface area contributed by atoms with E-state index in [4.69, 9.17) is 4.74 Å². The Kier molecular flexibility index (Phi) is 3.55. The molecule has 0 bridgehead atoms. The summed E-state index contributed by atoms with van der Waals surface area (Å²) in [5.41, 5.74) is 2.19. The van der Waals surface area contributed by atoms with E-state index in [1.54, 1.807) is 12.1 Å². The van der Waals surface area contributed by atoms with Gasteiger partial charge in [-0.1, -0.05) is 18.2 Å². The van der Waals surface area contributed by atoms with Gasteiger partial charge in [0.1, 0.15) is 5.75 Å². The van der Waals surface area contributed by atoms with Gasteiger partial charge in [-0.05, 0) is 31.2 Å². The summed E-state index contributed by atoms with van der Waals surface area (Å²) >= 11 is 0. The first-order valence-electron chi connectivity index (χ1n) is 6.75. The number of carbonyl (C=O) groups is 1. The predicted octanol–water partition coefficient (Wildman–Crippen LogP) is 3.21. The SMILES string of the molecule is CCOc1ccc2nc(NC(=O)c3ccccc3)[nH]c2c1. The number of aromatic nitrogens is 2. The number of H-pyrrole nitrogens is 1. The van der Waals surface area contributed by atoms with Crippen molar-refractivity contribution < 1.29 is 9.53 Å². The Morgan fingerprint density at radius 2 is 2.05 bits per heavy atom. The van der Waals surface area contributed by atoms with Gasteiger partial charge in [-0.2, -0.15) is 0 Å². The van der Waals surface area contributed by atoms with Crippen molar-refractivity contribution in [2.45, 2.75) is 6.92 Å². The molecule has 0 saturated carbocycles. The molecular weight excluding hydrogens is 266 g/mol. The molecule has 0 aliphatic rings. The fourth-order valence-corrected chi connectivity index (χ4v) is 2.07. The maximum atomic E-state index is 12.1. The van der Waals surface area contributed by atoms with Crippen LogP contribution in [0.5, 0.6) is 5.75 Å². The highest BCUT2D eigenvalue weighted by Crippen LogP contribution is 2.20. The van der Waals surface area contributed by atoms with E-state index in [0.29, 0.717) is 18.1 Å². The fraction of sp³-hybridized carbons (Fsp3) is 0.125. The third kappa shape index (κ3) is 2.86. The van der Waals surface area contributed by atoms with E-state index in [9.17, 15) is 4.79 Å². The monoisotopic (exact) mass is 281 g/mol. The normalized spacial score (nSPS) is 10.5. The number of imidazole rings is 1. The minimum atomic E-state index is -0.195. The number of hydrogen-bond acceptors (Lipinski definition) is 3. The van der Waals surface area contributed by atoms with Crippen LogP contribution in [0, 0.1) is 0 Å². The number of anilines is 1. The first-order valence-corrected chi connectivity index (χ1v) is 6.75. The number of nitrogens with zero attached hydrogens (tertiary/aromatic N) is 1. The Morgan fingerprint density at radius 1 is 1.24 bits per heavy atom. The zero-order chi connectivity index (χ0) is 14.7. The van der Waals surface area contributed by atoms with Crippen molar-refractivity contribution in [1.29, 1.82) is 0 Å². The van der Waals surface area contributed by atoms with Crippen LogP contribution < -0.4 is 10.1 Å². The maximum Gasteiger partial charge on any atom is 0.257 e. The molecule has 0 atom stereocenters. The number of ether oxygens (including phenoxy) is 1. The average Bonchev–Trinajstić information content (AvgIpc) is 2.90. The molecule has 0 unspecified atom stereocenters. The van der Waals surface area contributed by atoms with Gasteiger partial charge in [0.2, 0.25) is 5.95 Å². The fourth-order valence-electron chi connectivity index (χ4n) is 2.07. The Bertz CT molecular complexity index is 766. The molecule has 0 saturated heterocycles. The third-order valence-corrected chi connectivity index (χ3v) is 3.03. The lowest BCUT2D eigenvalue weighted by molar-refractivity contribution is 0.102. The van der Waals surface area contributed by atoms with Crippen LogP contribution in [0.4, 0.5) is 5.95 Å². The number of aromatic amines is 1. The molecule has 2 aromatic carbocycles. The Labute approximate surface area is 122 Å². The molecular formula is C16H15N3O2. The van der Waals surface area contributed by atoms with E-state index in [-0.39, 0.29) is 5.91 Å². The number of rotatable bonds is 4. The van der Waals surface area contributed by atoms with Gasteiger partial charge >= 0.3 is 0 Å². The number of fused-ring (bicyclic) bond motifs is 1. The smallest absolute Gasteiger partial charge is 0.257 e. The van der Waals surface area contributed by atoms with Gasteiger partial charge in [-0.25, -0.2) is 4.98 Å². The van der Waals surface area contributed by atoms with Crippen molar-refractivity contribution in [3.63, 3.8) is 0 Å². The van der Waals surface area contributed by atoms with E-state index in [1.165, 1.54) is 0 Å². The van der Waals surface area contributed by atoms with Crippen LogP contribution in [0.25, 0.3) is 11.0 Å². The lowest BCUT2D eigenvalue weighted by Crippen LogP contribution is -2.12. The highest BCUT2D eigenvalue weighted by molar-refractivity contribution is 6.03. The molecule has 1 heterocycles. The minimum absolute atomic E-state index is 0.195. The van der Waals surface area contributed by atoms with Crippen molar-refractivity contribution in [2.24, 2.45) is 0 Å².